The summed E-state index contributed by atoms with van der Waals surface area (Å²) in [6.07, 6.45) is 0.572. The van der Waals surface area contributed by atoms with Crippen molar-refractivity contribution in [2.24, 2.45) is 10.9 Å². The van der Waals surface area contributed by atoms with E-state index in [-0.39, 0.29) is 19.0 Å². The van der Waals surface area contributed by atoms with Crippen LogP contribution in [0.25, 0.3) is 0 Å². The number of methoxy groups -OCH3 is 1. The monoisotopic (exact) mass is 297 g/mol. The van der Waals surface area contributed by atoms with Crippen molar-refractivity contribution in [1.29, 1.82) is 0 Å². The number of nitrogens with zero attached hydrogens (tertiary/aromatic N) is 1. The summed E-state index contributed by atoms with van der Waals surface area (Å²) in [7, 11) is 1.55. The number of benzene rings is 1. The molecule has 1 rings (SSSR count). The summed E-state index contributed by atoms with van der Waals surface area (Å²) in [4.78, 5) is 0. The van der Waals surface area contributed by atoms with Crippen molar-refractivity contribution in [3.63, 3.8) is 0 Å². The second-order valence-electron chi connectivity index (χ2n) is 4.82. The fraction of sp³-hybridized carbons (Fsp3) is 0.500. The van der Waals surface area contributed by atoms with Gasteiger partial charge in [-0.05, 0) is 24.6 Å². The van der Waals surface area contributed by atoms with Crippen LogP contribution in [0.3, 0.4) is 0 Å². The molecule has 1 aromatic rings. The van der Waals surface area contributed by atoms with Crippen LogP contribution in [0.5, 0.6) is 5.75 Å². The summed E-state index contributed by atoms with van der Waals surface area (Å²) in [6, 6.07) is 5.13. The van der Waals surface area contributed by atoms with Crippen LogP contribution in [0.2, 0.25) is 0 Å². The zero-order valence-electron chi connectivity index (χ0n) is 12.3. The van der Waals surface area contributed by atoms with Gasteiger partial charge in [-0.25, -0.2) is 0 Å². The lowest BCUT2D eigenvalue weighted by Crippen LogP contribution is -2.50. The van der Waals surface area contributed by atoms with Crippen LogP contribution in [-0.2, 0) is 6.54 Å². The minimum atomic E-state index is -0.752. The van der Waals surface area contributed by atoms with Gasteiger partial charge >= 0.3 is 0 Å². The van der Waals surface area contributed by atoms with Crippen LogP contribution in [-0.4, -0.2) is 47.1 Å². The summed E-state index contributed by atoms with van der Waals surface area (Å²) in [5.41, 5.74) is 6.16. The largest absolute Gasteiger partial charge is 0.496 e. The number of amidine groups is 1. The molecule has 0 amide bonds. The van der Waals surface area contributed by atoms with E-state index >= 15 is 0 Å². The number of hydrogen-bond donors (Lipinski definition) is 5. The summed E-state index contributed by atoms with van der Waals surface area (Å²) >= 11 is 0. The Hall–Kier alpha value is -1.83. The Labute approximate surface area is 124 Å². The predicted octanol–water partition coefficient (Wildman–Crippen LogP) is 0.0127. The van der Waals surface area contributed by atoms with Gasteiger partial charge < -0.3 is 31.2 Å². The SMILES string of the molecule is CCC(CO)(CO)NCc1cc(/C(N)=N/O)ccc1OC. The highest BCUT2D eigenvalue weighted by molar-refractivity contribution is 5.97. The molecule has 6 N–H and O–H groups in total. The van der Waals surface area contributed by atoms with E-state index in [1.807, 2.05) is 6.92 Å². The van der Waals surface area contributed by atoms with Gasteiger partial charge in [0.05, 0.1) is 25.9 Å². The van der Waals surface area contributed by atoms with Gasteiger partial charge in [-0.3, -0.25) is 0 Å². The normalized spacial score (nSPS) is 12.5. The zero-order chi connectivity index (χ0) is 15.9. The molecule has 7 nitrogen and oxygen atoms in total. The Kier molecular flexibility index (Phi) is 6.41. The molecular formula is C14H23N3O4. The number of rotatable bonds is 8. The lowest BCUT2D eigenvalue weighted by Gasteiger charge is -2.30. The first-order valence-electron chi connectivity index (χ1n) is 6.67. The highest BCUT2D eigenvalue weighted by Crippen LogP contribution is 2.21. The lowest BCUT2D eigenvalue weighted by atomic mass is 9.97. The third kappa shape index (κ3) is 4.07. The number of nitrogens with one attached hydrogen (secondary N) is 1. The second kappa shape index (κ2) is 7.82. The van der Waals surface area contributed by atoms with Gasteiger partial charge in [0.1, 0.15) is 5.75 Å². The smallest absolute Gasteiger partial charge is 0.170 e. The van der Waals surface area contributed by atoms with Gasteiger partial charge in [-0.1, -0.05) is 12.1 Å². The van der Waals surface area contributed by atoms with Crippen molar-refractivity contribution in [1.82, 2.24) is 5.32 Å². The maximum atomic E-state index is 9.44. The molecular weight excluding hydrogens is 274 g/mol. The molecule has 0 spiro atoms. The minimum absolute atomic E-state index is 0.00461. The third-order valence-corrected chi connectivity index (χ3v) is 3.62. The fourth-order valence-electron chi connectivity index (χ4n) is 1.93. The lowest BCUT2D eigenvalue weighted by molar-refractivity contribution is 0.0862. The Morgan fingerprint density at radius 3 is 2.52 bits per heavy atom. The van der Waals surface area contributed by atoms with Crippen molar-refractivity contribution < 1.29 is 20.2 Å². The molecule has 0 saturated carbocycles. The van der Waals surface area contributed by atoms with E-state index in [0.717, 1.165) is 5.56 Å². The predicted molar refractivity (Wildman–Crippen MR) is 79.5 cm³/mol. The number of oxime groups is 1. The quantitative estimate of drug-likeness (QED) is 0.199. The van der Waals surface area contributed by atoms with E-state index in [0.29, 0.717) is 24.3 Å². The summed E-state index contributed by atoms with van der Waals surface area (Å²) < 4.78 is 5.27. The van der Waals surface area contributed by atoms with Crippen molar-refractivity contribution in [3.05, 3.63) is 29.3 Å². The molecule has 0 radical (unpaired) electrons. The van der Waals surface area contributed by atoms with Crippen molar-refractivity contribution in [2.45, 2.75) is 25.4 Å². The second-order valence-corrected chi connectivity index (χ2v) is 4.82. The third-order valence-electron chi connectivity index (χ3n) is 3.62. The molecule has 0 saturated heterocycles. The van der Waals surface area contributed by atoms with Gasteiger partial charge in [0.25, 0.3) is 0 Å². The summed E-state index contributed by atoms with van der Waals surface area (Å²) in [5.74, 6) is 0.642. The van der Waals surface area contributed by atoms with E-state index in [2.05, 4.69) is 10.5 Å². The number of aliphatic hydroxyl groups excluding tert-OH is 2. The van der Waals surface area contributed by atoms with Gasteiger partial charge in [0.15, 0.2) is 5.84 Å². The molecule has 118 valence electrons. The zero-order valence-corrected chi connectivity index (χ0v) is 12.3. The van der Waals surface area contributed by atoms with Crippen molar-refractivity contribution >= 4 is 5.84 Å². The van der Waals surface area contributed by atoms with Crippen LogP contribution in [0.15, 0.2) is 23.4 Å². The van der Waals surface area contributed by atoms with Crippen LogP contribution >= 0.6 is 0 Å². The van der Waals surface area contributed by atoms with Gasteiger partial charge in [0.2, 0.25) is 0 Å². The standard InChI is InChI=1S/C14H23N3O4/c1-3-14(8-18,9-19)16-7-11-6-10(13(15)17-20)4-5-12(11)21-2/h4-6,16,18-20H,3,7-9H2,1-2H3,(H2,15,17). The van der Waals surface area contributed by atoms with E-state index in [1.54, 1.807) is 25.3 Å². The van der Waals surface area contributed by atoms with Crippen molar-refractivity contribution in [3.8, 4) is 5.75 Å². The van der Waals surface area contributed by atoms with Crippen molar-refractivity contribution in [2.75, 3.05) is 20.3 Å². The number of aliphatic hydroxyl groups is 2. The molecule has 0 unspecified atom stereocenters. The summed E-state index contributed by atoms with van der Waals surface area (Å²) in [5, 5.41) is 33.7. The van der Waals surface area contributed by atoms with Gasteiger partial charge in [-0.15, -0.1) is 0 Å². The summed E-state index contributed by atoms with van der Waals surface area (Å²) in [6.45, 7) is 1.89. The maximum Gasteiger partial charge on any atom is 0.170 e. The maximum absolute atomic E-state index is 9.44. The highest BCUT2D eigenvalue weighted by atomic mass is 16.5. The minimum Gasteiger partial charge on any atom is -0.496 e. The molecule has 0 fully saturated rings. The van der Waals surface area contributed by atoms with Crippen LogP contribution in [0, 0.1) is 0 Å². The molecule has 0 aliphatic heterocycles. The Bertz CT molecular complexity index is 479. The van der Waals surface area contributed by atoms with Crippen LogP contribution in [0.4, 0.5) is 0 Å². The molecule has 0 heterocycles. The fourth-order valence-corrected chi connectivity index (χ4v) is 1.93. The first-order chi connectivity index (χ1) is 10.1. The first kappa shape index (κ1) is 17.2. The van der Waals surface area contributed by atoms with E-state index in [9.17, 15) is 10.2 Å². The first-order valence-corrected chi connectivity index (χ1v) is 6.67. The van der Waals surface area contributed by atoms with Crippen LogP contribution < -0.4 is 15.8 Å². The van der Waals surface area contributed by atoms with Crippen LogP contribution in [0.1, 0.15) is 24.5 Å². The average Bonchev–Trinajstić information content (AvgIpc) is 2.55. The Morgan fingerprint density at radius 2 is 2.05 bits per heavy atom. The number of hydrogen-bond acceptors (Lipinski definition) is 6. The Morgan fingerprint density at radius 1 is 1.38 bits per heavy atom. The molecule has 1 aromatic carbocycles. The molecule has 7 heteroatoms. The van der Waals surface area contributed by atoms with Gasteiger partial charge in [0, 0.05) is 17.7 Å². The number of ether oxygens (including phenoxy) is 1. The molecule has 0 aliphatic rings. The Balaban J connectivity index is 3.00. The topological polar surface area (TPSA) is 120 Å². The number of nitrogens with two attached hydrogens (primary N) is 1. The average molecular weight is 297 g/mol. The van der Waals surface area contributed by atoms with E-state index in [4.69, 9.17) is 15.7 Å². The molecule has 0 aliphatic carbocycles. The molecule has 21 heavy (non-hydrogen) atoms. The molecule has 0 atom stereocenters. The van der Waals surface area contributed by atoms with Gasteiger partial charge in [-0.2, -0.15) is 0 Å². The van der Waals surface area contributed by atoms with E-state index in [1.165, 1.54) is 0 Å². The molecule has 0 aromatic heterocycles. The molecule has 0 bridgehead atoms. The van der Waals surface area contributed by atoms with E-state index < -0.39 is 5.54 Å². The highest BCUT2D eigenvalue weighted by Gasteiger charge is 2.26.